The Morgan fingerprint density at radius 1 is 1.03 bits per heavy atom. The van der Waals surface area contributed by atoms with Gasteiger partial charge < -0.3 is 10.2 Å². The summed E-state index contributed by atoms with van der Waals surface area (Å²) in [5, 5.41) is 2.84. The van der Waals surface area contributed by atoms with Crippen molar-refractivity contribution in [2.24, 2.45) is 5.41 Å². The highest BCUT2D eigenvalue weighted by Gasteiger charge is 2.30. The van der Waals surface area contributed by atoms with Gasteiger partial charge in [0.15, 0.2) is 0 Å². The third-order valence-electron chi connectivity index (χ3n) is 5.24. The Kier molecular flexibility index (Phi) is 7.45. The van der Waals surface area contributed by atoms with E-state index in [0.29, 0.717) is 50.5 Å². The van der Waals surface area contributed by atoms with E-state index >= 15 is 0 Å². The van der Waals surface area contributed by atoms with Crippen LogP contribution in [0.1, 0.15) is 44.7 Å². The summed E-state index contributed by atoms with van der Waals surface area (Å²) in [5.41, 5.74) is 1.55. The number of piperazine rings is 1. The number of nitrogens with zero attached hydrogens (tertiary/aromatic N) is 2. The third kappa shape index (κ3) is 6.02. The van der Waals surface area contributed by atoms with E-state index in [-0.39, 0.29) is 11.8 Å². The van der Waals surface area contributed by atoms with Gasteiger partial charge in [0, 0.05) is 44.6 Å². The van der Waals surface area contributed by atoms with Crippen molar-refractivity contribution in [1.82, 2.24) is 14.5 Å². The lowest BCUT2D eigenvalue weighted by Crippen LogP contribution is -2.50. The summed E-state index contributed by atoms with van der Waals surface area (Å²) in [5.74, 6) is -0.0339. The topological polar surface area (TPSA) is 86.8 Å². The Balaban J connectivity index is 1.83. The highest BCUT2D eigenvalue weighted by atomic mass is 32.2. The zero-order valence-electron chi connectivity index (χ0n) is 18.1. The number of hydrogen-bond donors (Lipinski definition) is 1. The second kappa shape index (κ2) is 9.26. The third-order valence-corrected chi connectivity index (χ3v) is 7.14. The van der Waals surface area contributed by atoms with Crippen molar-refractivity contribution in [3.8, 4) is 0 Å². The van der Waals surface area contributed by atoms with Gasteiger partial charge in [-0.25, -0.2) is 8.42 Å². The smallest absolute Gasteiger partial charge is 0.243 e. The van der Waals surface area contributed by atoms with Gasteiger partial charge in [-0.3, -0.25) is 9.59 Å². The summed E-state index contributed by atoms with van der Waals surface area (Å²) in [6.07, 6.45) is 0.913. The summed E-state index contributed by atoms with van der Waals surface area (Å²) in [6, 6.07) is 5.16. The van der Waals surface area contributed by atoms with E-state index in [1.54, 1.807) is 17.0 Å². The molecule has 0 radical (unpaired) electrons. The molecule has 2 amide bonds. The van der Waals surface area contributed by atoms with Crippen LogP contribution in [0, 0.1) is 19.3 Å². The minimum Gasteiger partial charge on any atom is -0.356 e. The molecule has 0 aromatic heterocycles. The SMILES string of the molecule is Cc1ccc(S(=O)(=O)N2CCN(C(=O)CCCNC(=O)C(C)(C)C)CC2)cc1C. The molecular weight excluding hydrogens is 390 g/mol. The van der Waals surface area contributed by atoms with Crippen LogP contribution in [0.2, 0.25) is 0 Å². The number of carbonyl (C=O) groups excluding carboxylic acids is 2. The van der Waals surface area contributed by atoms with Crippen molar-refractivity contribution in [3.05, 3.63) is 29.3 Å². The standard InChI is InChI=1S/C21H33N3O4S/c1-16-8-9-18(15-17(16)2)29(27,28)24-13-11-23(12-14-24)19(25)7-6-10-22-20(26)21(3,4)5/h8-9,15H,6-7,10-14H2,1-5H3,(H,22,26). The number of nitrogens with one attached hydrogen (secondary N) is 1. The van der Waals surface area contributed by atoms with Gasteiger partial charge in [-0.2, -0.15) is 4.31 Å². The van der Waals surface area contributed by atoms with Crippen molar-refractivity contribution < 1.29 is 18.0 Å². The molecule has 0 bridgehead atoms. The van der Waals surface area contributed by atoms with Crippen LogP contribution in [0.5, 0.6) is 0 Å². The second-order valence-electron chi connectivity index (χ2n) is 8.64. The Morgan fingerprint density at radius 3 is 2.21 bits per heavy atom. The summed E-state index contributed by atoms with van der Waals surface area (Å²) in [4.78, 5) is 26.2. The Bertz CT molecular complexity index is 851. The van der Waals surface area contributed by atoms with Gasteiger partial charge in [-0.1, -0.05) is 26.8 Å². The van der Waals surface area contributed by atoms with E-state index in [1.165, 1.54) is 4.31 Å². The van der Waals surface area contributed by atoms with Gasteiger partial charge in [-0.15, -0.1) is 0 Å². The van der Waals surface area contributed by atoms with Gasteiger partial charge in [0.1, 0.15) is 0 Å². The van der Waals surface area contributed by atoms with Crippen molar-refractivity contribution in [2.45, 2.75) is 52.4 Å². The van der Waals surface area contributed by atoms with Crippen LogP contribution in [-0.4, -0.2) is 62.2 Å². The fraction of sp³-hybridized carbons (Fsp3) is 0.619. The summed E-state index contributed by atoms with van der Waals surface area (Å²) in [6.45, 7) is 11.2. The number of hydrogen-bond acceptors (Lipinski definition) is 4. The summed E-state index contributed by atoms with van der Waals surface area (Å²) < 4.78 is 27.2. The maximum absolute atomic E-state index is 12.9. The first kappa shape index (κ1) is 23.3. The van der Waals surface area contributed by atoms with Crippen molar-refractivity contribution in [3.63, 3.8) is 0 Å². The van der Waals surface area contributed by atoms with Crippen LogP contribution >= 0.6 is 0 Å². The number of carbonyl (C=O) groups is 2. The minimum absolute atomic E-state index is 0.00163. The molecule has 1 saturated heterocycles. The normalized spacial score (nSPS) is 16.0. The van der Waals surface area contributed by atoms with Crippen molar-refractivity contribution in [2.75, 3.05) is 32.7 Å². The minimum atomic E-state index is -3.55. The molecule has 0 unspecified atom stereocenters. The van der Waals surface area contributed by atoms with Crippen LogP contribution in [0.3, 0.4) is 0 Å². The van der Waals surface area contributed by atoms with Gasteiger partial charge in [-0.05, 0) is 43.5 Å². The lowest BCUT2D eigenvalue weighted by Gasteiger charge is -2.34. The molecule has 2 rings (SSSR count). The Hall–Kier alpha value is -1.93. The number of amides is 2. The largest absolute Gasteiger partial charge is 0.356 e. The monoisotopic (exact) mass is 423 g/mol. The molecule has 0 saturated carbocycles. The second-order valence-corrected chi connectivity index (χ2v) is 10.6. The molecule has 29 heavy (non-hydrogen) atoms. The molecule has 1 aromatic carbocycles. The van der Waals surface area contributed by atoms with Gasteiger partial charge in [0.2, 0.25) is 21.8 Å². The molecule has 1 fully saturated rings. The van der Waals surface area contributed by atoms with E-state index in [9.17, 15) is 18.0 Å². The first-order valence-electron chi connectivity index (χ1n) is 10.1. The van der Waals surface area contributed by atoms with E-state index < -0.39 is 15.4 Å². The first-order chi connectivity index (χ1) is 13.4. The fourth-order valence-electron chi connectivity index (χ4n) is 3.07. The number of benzene rings is 1. The van der Waals surface area contributed by atoms with Crippen LogP contribution in [0.4, 0.5) is 0 Å². The van der Waals surface area contributed by atoms with E-state index in [2.05, 4.69) is 5.32 Å². The van der Waals surface area contributed by atoms with Gasteiger partial charge in [0.25, 0.3) is 0 Å². The average molecular weight is 424 g/mol. The van der Waals surface area contributed by atoms with Crippen molar-refractivity contribution >= 4 is 21.8 Å². The lowest BCUT2D eigenvalue weighted by atomic mass is 9.96. The van der Waals surface area contributed by atoms with Crippen LogP contribution < -0.4 is 5.32 Å². The molecule has 1 N–H and O–H groups in total. The molecule has 1 heterocycles. The molecule has 0 spiro atoms. The number of aryl methyl sites for hydroxylation is 2. The molecular formula is C21H33N3O4S. The summed E-state index contributed by atoms with van der Waals surface area (Å²) >= 11 is 0. The predicted octanol–water partition coefficient (Wildman–Crippen LogP) is 2.08. The lowest BCUT2D eigenvalue weighted by molar-refractivity contribution is -0.133. The Morgan fingerprint density at radius 2 is 1.66 bits per heavy atom. The van der Waals surface area contributed by atoms with Gasteiger partial charge >= 0.3 is 0 Å². The quantitative estimate of drug-likeness (QED) is 0.710. The zero-order chi connectivity index (χ0) is 21.8. The van der Waals surface area contributed by atoms with E-state index in [1.807, 2.05) is 40.7 Å². The molecule has 7 nitrogen and oxygen atoms in total. The highest BCUT2D eigenvalue weighted by Crippen LogP contribution is 2.20. The van der Waals surface area contributed by atoms with Crippen LogP contribution in [0.25, 0.3) is 0 Å². The van der Waals surface area contributed by atoms with Crippen LogP contribution in [0.15, 0.2) is 23.1 Å². The molecule has 0 atom stereocenters. The molecule has 1 aliphatic rings. The Labute approximate surface area is 174 Å². The maximum Gasteiger partial charge on any atom is 0.243 e. The van der Waals surface area contributed by atoms with E-state index in [0.717, 1.165) is 11.1 Å². The fourth-order valence-corrected chi connectivity index (χ4v) is 4.57. The average Bonchev–Trinajstić information content (AvgIpc) is 2.66. The molecule has 1 aliphatic heterocycles. The zero-order valence-corrected chi connectivity index (χ0v) is 18.9. The number of rotatable bonds is 6. The molecule has 162 valence electrons. The molecule has 8 heteroatoms. The van der Waals surface area contributed by atoms with Crippen molar-refractivity contribution in [1.29, 1.82) is 0 Å². The highest BCUT2D eigenvalue weighted by molar-refractivity contribution is 7.89. The predicted molar refractivity (Wildman–Crippen MR) is 113 cm³/mol. The van der Waals surface area contributed by atoms with E-state index in [4.69, 9.17) is 0 Å². The molecule has 0 aliphatic carbocycles. The van der Waals surface area contributed by atoms with Crippen LogP contribution in [-0.2, 0) is 19.6 Å². The summed E-state index contributed by atoms with van der Waals surface area (Å²) in [7, 11) is -3.55. The number of sulfonamides is 1. The maximum atomic E-state index is 12.9. The first-order valence-corrected chi connectivity index (χ1v) is 11.5. The van der Waals surface area contributed by atoms with Gasteiger partial charge in [0.05, 0.1) is 4.90 Å². The molecule has 1 aromatic rings.